The molecule has 0 unspecified atom stereocenters. The molecule has 0 aliphatic rings. The third kappa shape index (κ3) is 5.13. The number of furan rings is 1. The molecular weight excluding hydrogens is 366 g/mol. The van der Waals surface area contributed by atoms with E-state index in [1.165, 1.54) is 11.8 Å². The highest BCUT2D eigenvalue weighted by molar-refractivity contribution is 7.99. The molecule has 0 radical (unpaired) electrons. The van der Waals surface area contributed by atoms with Crippen molar-refractivity contribution in [2.24, 2.45) is 0 Å². The number of aromatic nitrogens is 3. The van der Waals surface area contributed by atoms with Gasteiger partial charge in [-0.15, -0.1) is 10.2 Å². The molecule has 0 atom stereocenters. The number of esters is 1. The van der Waals surface area contributed by atoms with E-state index < -0.39 is 0 Å². The largest absolute Gasteiger partial charge is 0.485 e. The van der Waals surface area contributed by atoms with Crippen LogP contribution in [-0.2, 0) is 22.7 Å². The molecule has 0 fully saturated rings. The van der Waals surface area contributed by atoms with Crippen molar-refractivity contribution in [2.75, 3.05) is 12.4 Å². The van der Waals surface area contributed by atoms with Gasteiger partial charge < -0.3 is 13.9 Å². The molecule has 3 aromatic rings. The van der Waals surface area contributed by atoms with Gasteiger partial charge in [-0.1, -0.05) is 30.0 Å². The molecule has 0 N–H and O–H groups in total. The van der Waals surface area contributed by atoms with E-state index in [9.17, 15) is 4.79 Å². The van der Waals surface area contributed by atoms with Gasteiger partial charge in [-0.05, 0) is 37.6 Å². The van der Waals surface area contributed by atoms with Crippen molar-refractivity contribution in [2.45, 2.75) is 32.2 Å². The molecule has 0 amide bonds. The van der Waals surface area contributed by atoms with Crippen molar-refractivity contribution < 1.29 is 18.7 Å². The fourth-order valence-corrected chi connectivity index (χ4v) is 3.19. The van der Waals surface area contributed by atoms with E-state index in [1.807, 2.05) is 47.9 Å². The summed E-state index contributed by atoms with van der Waals surface area (Å²) in [5.41, 5.74) is 1.05. The summed E-state index contributed by atoms with van der Waals surface area (Å²) in [4.78, 5) is 11.7. The number of rotatable bonds is 9. The zero-order valence-corrected chi connectivity index (χ0v) is 16.1. The molecule has 7 nitrogen and oxygen atoms in total. The summed E-state index contributed by atoms with van der Waals surface area (Å²) in [6.45, 7) is 4.84. The third-order valence-corrected chi connectivity index (χ3v) is 4.70. The average molecular weight is 387 g/mol. The Bertz CT molecular complexity index is 877. The van der Waals surface area contributed by atoms with E-state index in [4.69, 9.17) is 13.9 Å². The first kappa shape index (κ1) is 19.0. The molecule has 27 heavy (non-hydrogen) atoms. The molecule has 2 heterocycles. The number of carbonyl (C=O) groups is 1. The van der Waals surface area contributed by atoms with Gasteiger partial charge in [0.2, 0.25) is 0 Å². The van der Waals surface area contributed by atoms with E-state index >= 15 is 0 Å². The Balaban J connectivity index is 1.75. The van der Waals surface area contributed by atoms with E-state index in [2.05, 4.69) is 10.2 Å². The average Bonchev–Trinajstić information content (AvgIpc) is 3.30. The van der Waals surface area contributed by atoms with Gasteiger partial charge in [0.1, 0.15) is 18.1 Å². The van der Waals surface area contributed by atoms with E-state index in [-0.39, 0.29) is 18.3 Å². The Labute approximate surface area is 161 Å². The summed E-state index contributed by atoms with van der Waals surface area (Å²) >= 11 is 1.28. The zero-order chi connectivity index (χ0) is 19.1. The summed E-state index contributed by atoms with van der Waals surface area (Å²) in [6.07, 6.45) is 1.62. The standard InChI is InChI=1S/C19H21N3O4S/c1-3-24-18(23)13-27-19-21-20-17(22(19)11-15-8-6-10-25-15)12-26-16-9-5-4-7-14(16)2/h4-10H,3,11-13H2,1-2H3. The third-order valence-electron chi connectivity index (χ3n) is 3.76. The monoisotopic (exact) mass is 387 g/mol. The first-order chi connectivity index (χ1) is 13.2. The van der Waals surface area contributed by atoms with Crippen LogP contribution in [0.15, 0.2) is 52.2 Å². The first-order valence-electron chi connectivity index (χ1n) is 8.58. The van der Waals surface area contributed by atoms with Crippen molar-refractivity contribution in [1.82, 2.24) is 14.8 Å². The number of benzene rings is 1. The Kier molecular flexibility index (Phi) is 6.54. The van der Waals surface area contributed by atoms with Crippen LogP contribution in [0.3, 0.4) is 0 Å². The number of para-hydroxylation sites is 1. The molecule has 0 saturated carbocycles. The van der Waals surface area contributed by atoms with Crippen LogP contribution in [0.2, 0.25) is 0 Å². The molecule has 142 valence electrons. The summed E-state index contributed by atoms with van der Waals surface area (Å²) in [5.74, 6) is 2.10. The molecule has 0 saturated heterocycles. The Hall–Kier alpha value is -2.74. The Morgan fingerprint density at radius 1 is 1.22 bits per heavy atom. The van der Waals surface area contributed by atoms with E-state index in [0.29, 0.717) is 24.1 Å². The maximum atomic E-state index is 11.7. The van der Waals surface area contributed by atoms with Crippen molar-refractivity contribution in [3.63, 3.8) is 0 Å². The van der Waals surface area contributed by atoms with Crippen LogP contribution >= 0.6 is 11.8 Å². The number of hydrogen-bond acceptors (Lipinski definition) is 7. The first-order valence-corrected chi connectivity index (χ1v) is 9.57. The minimum atomic E-state index is -0.284. The van der Waals surface area contributed by atoms with Crippen LogP contribution in [-0.4, -0.2) is 33.1 Å². The number of hydrogen-bond donors (Lipinski definition) is 0. The lowest BCUT2D eigenvalue weighted by atomic mass is 10.2. The highest BCUT2D eigenvalue weighted by Crippen LogP contribution is 2.22. The molecule has 2 aromatic heterocycles. The van der Waals surface area contributed by atoms with Gasteiger partial charge in [0, 0.05) is 0 Å². The van der Waals surface area contributed by atoms with Crippen LogP contribution in [0.4, 0.5) is 0 Å². The maximum Gasteiger partial charge on any atom is 0.316 e. The number of carbonyl (C=O) groups excluding carboxylic acids is 1. The smallest absolute Gasteiger partial charge is 0.316 e. The van der Waals surface area contributed by atoms with E-state index in [0.717, 1.165) is 17.1 Å². The van der Waals surface area contributed by atoms with Crippen LogP contribution < -0.4 is 4.74 Å². The minimum absolute atomic E-state index is 0.169. The quantitative estimate of drug-likeness (QED) is 0.411. The molecule has 3 rings (SSSR count). The normalized spacial score (nSPS) is 10.7. The highest BCUT2D eigenvalue weighted by Gasteiger charge is 2.16. The molecule has 8 heteroatoms. The summed E-state index contributed by atoms with van der Waals surface area (Å²) in [5, 5.41) is 9.06. The predicted molar refractivity (Wildman–Crippen MR) is 101 cm³/mol. The van der Waals surface area contributed by atoms with Gasteiger partial charge in [0.25, 0.3) is 0 Å². The number of nitrogens with zero attached hydrogens (tertiary/aromatic N) is 3. The second-order valence-corrected chi connectivity index (χ2v) is 6.65. The number of thioether (sulfide) groups is 1. The van der Waals surface area contributed by atoms with Crippen molar-refractivity contribution >= 4 is 17.7 Å². The Morgan fingerprint density at radius 3 is 2.81 bits per heavy atom. The van der Waals surface area contributed by atoms with Gasteiger partial charge in [-0.2, -0.15) is 0 Å². The summed E-state index contributed by atoms with van der Waals surface area (Å²) in [6, 6.07) is 11.5. The van der Waals surface area contributed by atoms with Gasteiger partial charge in [-0.3, -0.25) is 9.36 Å². The van der Waals surface area contributed by atoms with Crippen molar-refractivity contribution in [1.29, 1.82) is 0 Å². The second kappa shape index (κ2) is 9.27. The molecule has 1 aromatic carbocycles. The van der Waals surface area contributed by atoms with Gasteiger partial charge in [0.05, 0.1) is 25.2 Å². The summed E-state index contributed by atoms with van der Waals surface area (Å²) < 4.78 is 18.2. The highest BCUT2D eigenvalue weighted by atomic mass is 32.2. The SMILES string of the molecule is CCOC(=O)CSc1nnc(COc2ccccc2C)n1Cc1ccco1. The molecule has 0 aliphatic heterocycles. The van der Waals surface area contributed by atoms with Crippen LogP contribution in [0.5, 0.6) is 5.75 Å². The fourth-order valence-electron chi connectivity index (χ4n) is 2.44. The van der Waals surface area contributed by atoms with Crippen LogP contribution in [0.25, 0.3) is 0 Å². The molecule has 0 bridgehead atoms. The predicted octanol–water partition coefficient (Wildman–Crippen LogP) is 3.46. The van der Waals surface area contributed by atoms with Gasteiger partial charge in [-0.25, -0.2) is 0 Å². The second-order valence-electron chi connectivity index (χ2n) is 5.71. The topological polar surface area (TPSA) is 79.4 Å². The Morgan fingerprint density at radius 2 is 2.07 bits per heavy atom. The lowest BCUT2D eigenvalue weighted by Crippen LogP contribution is -2.11. The zero-order valence-electron chi connectivity index (χ0n) is 15.3. The van der Waals surface area contributed by atoms with Crippen LogP contribution in [0.1, 0.15) is 24.1 Å². The number of aryl methyl sites for hydroxylation is 1. The minimum Gasteiger partial charge on any atom is -0.485 e. The van der Waals surface area contributed by atoms with E-state index in [1.54, 1.807) is 13.2 Å². The van der Waals surface area contributed by atoms with Crippen LogP contribution in [0, 0.1) is 6.92 Å². The van der Waals surface area contributed by atoms with Crippen molar-refractivity contribution in [3.05, 3.63) is 59.8 Å². The number of ether oxygens (including phenoxy) is 2. The van der Waals surface area contributed by atoms with Gasteiger partial charge in [0.15, 0.2) is 11.0 Å². The van der Waals surface area contributed by atoms with Crippen molar-refractivity contribution in [3.8, 4) is 5.75 Å². The van der Waals surface area contributed by atoms with Gasteiger partial charge >= 0.3 is 5.97 Å². The molecule has 0 spiro atoms. The summed E-state index contributed by atoms with van der Waals surface area (Å²) in [7, 11) is 0. The lowest BCUT2D eigenvalue weighted by Gasteiger charge is -2.11. The lowest BCUT2D eigenvalue weighted by molar-refractivity contribution is -0.139. The molecular formula is C19H21N3O4S. The maximum absolute atomic E-state index is 11.7. The molecule has 0 aliphatic carbocycles. The fraction of sp³-hybridized carbons (Fsp3) is 0.316.